The Morgan fingerprint density at radius 3 is 2.27 bits per heavy atom. The normalized spacial score (nSPS) is 19.3. The van der Waals surface area contributed by atoms with E-state index in [4.69, 9.17) is 0 Å². The minimum absolute atomic E-state index is 0.0821. The summed E-state index contributed by atoms with van der Waals surface area (Å²) >= 11 is 0. The smallest absolute Gasteiger partial charge is 0.138 e. The van der Waals surface area contributed by atoms with Gasteiger partial charge in [0, 0.05) is 10.9 Å². The second-order valence-electron chi connectivity index (χ2n) is 9.16. The van der Waals surface area contributed by atoms with E-state index in [0.717, 1.165) is 22.3 Å². The second kappa shape index (κ2) is 10.2. The molecule has 4 rings (SSSR count). The van der Waals surface area contributed by atoms with E-state index in [-0.39, 0.29) is 5.82 Å². The summed E-state index contributed by atoms with van der Waals surface area (Å²) in [5.41, 5.74) is 3.00. The number of hydrogen-bond acceptors (Lipinski definition) is 0. The molecule has 0 spiro atoms. The Hall–Kier alpha value is -2.15. The highest BCUT2D eigenvalue weighted by atomic mass is 19.1. The van der Waals surface area contributed by atoms with E-state index >= 15 is 4.39 Å². The molecular formula is C29H35F. The van der Waals surface area contributed by atoms with Crippen LogP contribution in [-0.4, -0.2) is 0 Å². The highest BCUT2D eigenvalue weighted by Gasteiger charge is 2.24. The first-order valence-corrected chi connectivity index (χ1v) is 12.0. The van der Waals surface area contributed by atoms with Crippen molar-refractivity contribution >= 4 is 10.8 Å². The third kappa shape index (κ3) is 4.77. The monoisotopic (exact) mass is 402 g/mol. The molecule has 0 amide bonds. The van der Waals surface area contributed by atoms with Gasteiger partial charge >= 0.3 is 0 Å². The first-order chi connectivity index (χ1) is 14.8. The third-order valence-corrected chi connectivity index (χ3v) is 7.12. The topological polar surface area (TPSA) is 0 Å². The van der Waals surface area contributed by atoms with Gasteiger partial charge < -0.3 is 0 Å². The summed E-state index contributed by atoms with van der Waals surface area (Å²) in [7, 11) is 0. The Balaban J connectivity index is 1.46. The van der Waals surface area contributed by atoms with Crippen LogP contribution in [0.25, 0.3) is 21.9 Å². The number of hydrogen-bond donors (Lipinski definition) is 0. The molecule has 0 nitrogen and oxygen atoms in total. The lowest BCUT2D eigenvalue weighted by molar-refractivity contribution is 0.302. The number of benzene rings is 3. The van der Waals surface area contributed by atoms with E-state index in [1.54, 1.807) is 0 Å². The summed E-state index contributed by atoms with van der Waals surface area (Å²) in [4.78, 5) is 0. The van der Waals surface area contributed by atoms with Crippen LogP contribution in [0.4, 0.5) is 4.39 Å². The maximum atomic E-state index is 15.4. The number of unbranched alkanes of at least 4 members (excludes halogenated alkanes) is 4. The average molecular weight is 403 g/mol. The first kappa shape index (κ1) is 21.1. The summed E-state index contributed by atoms with van der Waals surface area (Å²) in [6.07, 6.45) is 13.5. The van der Waals surface area contributed by atoms with Crippen molar-refractivity contribution in [1.82, 2.24) is 0 Å². The largest absolute Gasteiger partial charge is 0.206 e. The quantitative estimate of drug-likeness (QED) is 0.329. The molecule has 1 heteroatoms. The minimum Gasteiger partial charge on any atom is -0.206 e. The van der Waals surface area contributed by atoms with Gasteiger partial charge in [-0.3, -0.25) is 0 Å². The van der Waals surface area contributed by atoms with Crippen LogP contribution in [0.2, 0.25) is 0 Å². The van der Waals surface area contributed by atoms with Gasteiger partial charge in [-0.15, -0.1) is 0 Å². The van der Waals surface area contributed by atoms with Crippen LogP contribution in [0.3, 0.4) is 0 Å². The molecule has 3 aromatic carbocycles. The molecule has 0 atom stereocenters. The van der Waals surface area contributed by atoms with Crippen LogP contribution in [-0.2, 0) is 0 Å². The van der Waals surface area contributed by atoms with E-state index < -0.39 is 0 Å². The molecule has 3 aromatic rings. The molecule has 1 aliphatic rings. The Kier molecular flexibility index (Phi) is 7.20. The lowest BCUT2D eigenvalue weighted by Gasteiger charge is -2.29. The van der Waals surface area contributed by atoms with E-state index in [2.05, 4.69) is 25.1 Å². The van der Waals surface area contributed by atoms with Crippen molar-refractivity contribution in [1.29, 1.82) is 0 Å². The Labute approximate surface area is 181 Å². The molecule has 0 N–H and O–H groups in total. The maximum absolute atomic E-state index is 15.4. The minimum atomic E-state index is -0.0821. The van der Waals surface area contributed by atoms with Gasteiger partial charge in [0.2, 0.25) is 0 Å². The molecule has 1 fully saturated rings. The maximum Gasteiger partial charge on any atom is 0.138 e. The fraction of sp³-hybridized carbons (Fsp3) is 0.448. The Morgan fingerprint density at radius 2 is 1.50 bits per heavy atom. The molecule has 0 bridgehead atoms. The van der Waals surface area contributed by atoms with E-state index in [9.17, 15) is 0 Å². The van der Waals surface area contributed by atoms with Crippen molar-refractivity contribution in [2.24, 2.45) is 5.92 Å². The van der Waals surface area contributed by atoms with Crippen LogP contribution >= 0.6 is 0 Å². The van der Waals surface area contributed by atoms with Crippen molar-refractivity contribution < 1.29 is 4.39 Å². The molecule has 0 heterocycles. The molecule has 0 saturated heterocycles. The molecule has 1 saturated carbocycles. The van der Waals surface area contributed by atoms with Crippen LogP contribution < -0.4 is 0 Å². The third-order valence-electron chi connectivity index (χ3n) is 7.12. The molecule has 0 aromatic heterocycles. The first-order valence-electron chi connectivity index (χ1n) is 12.0. The zero-order chi connectivity index (χ0) is 20.8. The standard InChI is InChI=1S/C29H35F/c1-2-3-4-5-7-11-22-16-18-24(19-17-22)25-14-10-15-28-27(25)21-20-26(29(28)30)23-12-8-6-9-13-23/h6,8-10,12-15,20-22,24H,2-5,7,11,16-19H2,1H3. The van der Waals surface area contributed by atoms with Gasteiger partial charge in [-0.25, -0.2) is 4.39 Å². The van der Waals surface area contributed by atoms with E-state index in [1.807, 2.05) is 42.5 Å². The van der Waals surface area contributed by atoms with Gasteiger partial charge in [-0.2, -0.15) is 0 Å². The Morgan fingerprint density at radius 1 is 0.733 bits per heavy atom. The molecule has 1 aliphatic carbocycles. The van der Waals surface area contributed by atoms with Gasteiger partial charge in [-0.05, 0) is 54.0 Å². The molecule has 158 valence electrons. The van der Waals surface area contributed by atoms with Gasteiger partial charge in [0.1, 0.15) is 5.82 Å². The van der Waals surface area contributed by atoms with Crippen molar-refractivity contribution in [3.8, 4) is 11.1 Å². The van der Waals surface area contributed by atoms with Crippen LogP contribution in [0.5, 0.6) is 0 Å². The lowest BCUT2D eigenvalue weighted by Crippen LogP contribution is -2.13. The molecule has 0 unspecified atom stereocenters. The predicted octanol–water partition coefficient (Wildman–Crippen LogP) is 9.28. The fourth-order valence-electron chi connectivity index (χ4n) is 5.34. The summed E-state index contributed by atoms with van der Waals surface area (Å²) in [5.74, 6) is 1.40. The molecule has 0 radical (unpaired) electrons. The summed E-state index contributed by atoms with van der Waals surface area (Å²) in [6.45, 7) is 2.28. The number of halogens is 1. The van der Waals surface area contributed by atoms with Gasteiger partial charge in [0.25, 0.3) is 0 Å². The van der Waals surface area contributed by atoms with Crippen molar-refractivity contribution in [2.45, 2.75) is 77.0 Å². The van der Waals surface area contributed by atoms with E-state index in [0.29, 0.717) is 11.5 Å². The van der Waals surface area contributed by atoms with Crippen molar-refractivity contribution in [3.05, 3.63) is 72.0 Å². The number of fused-ring (bicyclic) bond motifs is 1. The molecular weight excluding hydrogens is 367 g/mol. The molecule has 0 aliphatic heterocycles. The summed E-state index contributed by atoms with van der Waals surface area (Å²) in [5, 5.41) is 1.88. The van der Waals surface area contributed by atoms with Crippen molar-refractivity contribution in [2.75, 3.05) is 0 Å². The van der Waals surface area contributed by atoms with E-state index in [1.165, 1.54) is 69.8 Å². The SMILES string of the molecule is CCCCCCCC1CCC(c2cccc3c(F)c(-c4ccccc4)ccc23)CC1. The van der Waals surface area contributed by atoms with Crippen LogP contribution in [0.1, 0.15) is 82.6 Å². The number of rotatable bonds is 8. The van der Waals surface area contributed by atoms with Crippen LogP contribution in [0.15, 0.2) is 60.7 Å². The average Bonchev–Trinajstić information content (AvgIpc) is 2.80. The van der Waals surface area contributed by atoms with Gasteiger partial charge in [0.05, 0.1) is 0 Å². The highest BCUT2D eigenvalue weighted by Crippen LogP contribution is 2.41. The second-order valence-corrected chi connectivity index (χ2v) is 9.16. The molecule has 30 heavy (non-hydrogen) atoms. The van der Waals surface area contributed by atoms with Gasteiger partial charge in [-0.1, -0.05) is 106 Å². The zero-order valence-electron chi connectivity index (χ0n) is 18.4. The predicted molar refractivity (Wildman–Crippen MR) is 127 cm³/mol. The van der Waals surface area contributed by atoms with Gasteiger partial charge in [0.15, 0.2) is 0 Å². The van der Waals surface area contributed by atoms with Crippen LogP contribution in [0, 0.1) is 11.7 Å². The highest BCUT2D eigenvalue weighted by molar-refractivity contribution is 5.91. The lowest BCUT2D eigenvalue weighted by atomic mass is 9.76. The fourth-order valence-corrected chi connectivity index (χ4v) is 5.34. The Bertz CT molecular complexity index is 935. The zero-order valence-corrected chi connectivity index (χ0v) is 18.4. The summed E-state index contributed by atoms with van der Waals surface area (Å²) in [6, 6.07) is 20.2. The van der Waals surface area contributed by atoms with Crippen molar-refractivity contribution in [3.63, 3.8) is 0 Å². The summed E-state index contributed by atoms with van der Waals surface area (Å²) < 4.78 is 15.4.